The molecule has 19 heavy (non-hydrogen) atoms. The summed E-state index contributed by atoms with van der Waals surface area (Å²) in [5.41, 5.74) is 0.641. The molecule has 0 bridgehead atoms. The fourth-order valence-electron chi connectivity index (χ4n) is 1.90. The van der Waals surface area contributed by atoms with Gasteiger partial charge in [0.25, 0.3) is 0 Å². The third kappa shape index (κ3) is 3.10. The van der Waals surface area contributed by atoms with Crippen LogP contribution in [-0.2, 0) is 9.59 Å². The molecule has 0 atom stereocenters. The van der Waals surface area contributed by atoms with Crippen LogP contribution in [0.2, 0.25) is 0 Å². The standard InChI is InChI=1S/C15H15NO3/c1-10(17)8-9-15(19)16-13-6-2-5-12-11(13)4-3-7-14(12)18/h2-7,18H,8-9H2,1H3,(H,16,19). The first-order valence-electron chi connectivity index (χ1n) is 6.08. The molecule has 0 radical (unpaired) electrons. The highest BCUT2D eigenvalue weighted by Gasteiger charge is 2.08. The van der Waals surface area contributed by atoms with Gasteiger partial charge in [0, 0.05) is 29.3 Å². The molecular formula is C15H15NO3. The van der Waals surface area contributed by atoms with E-state index in [1.165, 1.54) is 6.92 Å². The largest absolute Gasteiger partial charge is 0.507 e. The topological polar surface area (TPSA) is 66.4 Å². The lowest BCUT2D eigenvalue weighted by molar-refractivity contribution is -0.121. The lowest BCUT2D eigenvalue weighted by Gasteiger charge is -2.09. The molecule has 0 saturated heterocycles. The van der Waals surface area contributed by atoms with Crippen molar-refractivity contribution in [2.24, 2.45) is 0 Å². The molecule has 0 aliphatic rings. The molecule has 2 N–H and O–H groups in total. The van der Waals surface area contributed by atoms with Crippen LogP contribution in [0, 0.1) is 0 Å². The summed E-state index contributed by atoms with van der Waals surface area (Å²) in [7, 11) is 0. The van der Waals surface area contributed by atoms with E-state index in [1.54, 1.807) is 30.3 Å². The Morgan fingerprint density at radius 3 is 2.47 bits per heavy atom. The summed E-state index contributed by atoms with van der Waals surface area (Å²) in [4.78, 5) is 22.6. The predicted molar refractivity (Wildman–Crippen MR) is 74.2 cm³/mol. The average molecular weight is 257 g/mol. The zero-order chi connectivity index (χ0) is 13.8. The fourth-order valence-corrected chi connectivity index (χ4v) is 1.90. The van der Waals surface area contributed by atoms with Crippen molar-refractivity contribution in [1.82, 2.24) is 0 Å². The van der Waals surface area contributed by atoms with Gasteiger partial charge in [-0.25, -0.2) is 0 Å². The van der Waals surface area contributed by atoms with E-state index < -0.39 is 0 Å². The lowest BCUT2D eigenvalue weighted by Crippen LogP contribution is -2.12. The molecule has 0 saturated carbocycles. The normalized spacial score (nSPS) is 10.4. The van der Waals surface area contributed by atoms with Crippen LogP contribution >= 0.6 is 0 Å². The third-order valence-electron chi connectivity index (χ3n) is 2.88. The number of Topliss-reactive ketones (excluding diaryl/α,β-unsaturated/α-hetero) is 1. The summed E-state index contributed by atoms with van der Waals surface area (Å²) < 4.78 is 0. The zero-order valence-corrected chi connectivity index (χ0v) is 10.6. The number of phenols is 1. The number of hydrogen-bond acceptors (Lipinski definition) is 3. The highest BCUT2D eigenvalue weighted by molar-refractivity contribution is 6.04. The van der Waals surface area contributed by atoms with Gasteiger partial charge >= 0.3 is 0 Å². The van der Waals surface area contributed by atoms with Crippen molar-refractivity contribution in [3.63, 3.8) is 0 Å². The van der Waals surface area contributed by atoms with Crippen LogP contribution in [0.5, 0.6) is 5.75 Å². The number of ketones is 1. The van der Waals surface area contributed by atoms with E-state index in [9.17, 15) is 14.7 Å². The second-order valence-electron chi connectivity index (χ2n) is 4.43. The van der Waals surface area contributed by atoms with Gasteiger partial charge in [-0.1, -0.05) is 24.3 Å². The minimum atomic E-state index is -0.203. The third-order valence-corrected chi connectivity index (χ3v) is 2.88. The molecule has 0 aliphatic heterocycles. The summed E-state index contributed by atoms with van der Waals surface area (Å²) in [6, 6.07) is 10.5. The van der Waals surface area contributed by atoms with E-state index in [0.29, 0.717) is 11.1 Å². The second kappa shape index (κ2) is 5.52. The van der Waals surface area contributed by atoms with Gasteiger partial charge in [0.1, 0.15) is 11.5 Å². The summed E-state index contributed by atoms with van der Waals surface area (Å²) in [6.45, 7) is 1.46. The number of carbonyl (C=O) groups is 2. The fraction of sp³-hybridized carbons (Fsp3) is 0.200. The van der Waals surface area contributed by atoms with E-state index in [0.717, 1.165) is 5.39 Å². The molecule has 2 aromatic carbocycles. The van der Waals surface area contributed by atoms with Crippen molar-refractivity contribution in [1.29, 1.82) is 0 Å². The molecule has 0 heterocycles. The summed E-state index contributed by atoms with van der Waals surface area (Å²) in [6.07, 6.45) is 0.409. The lowest BCUT2D eigenvalue weighted by atomic mass is 10.1. The van der Waals surface area contributed by atoms with E-state index in [1.807, 2.05) is 6.07 Å². The van der Waals surface area contributed by atoms with E-state index in [-0.39, 0.29) is 30.3 Å². The maximum Gasteiger partial charge on any atom is 0.224 e. The van der Waals surface area contributed by atoms with Crippen LogP contribution in [0.4, 0.5) is 5.69 Å². The number of fused-ring (bicyclic) bond motifs is 1. The predicted octanol–water partition coefficient (Wildman–Crippen LogP) is 2.85. The first-order valence-corrected chi connectivity index (χ1v) is 6.08. The van der Waals surface area contributed by atoms with E-state index in [2.05, 4.69) is 5.32 Å². The maximum atomic E-state index is 11.7. The molecule has 2 rings (SSSR count). The van der Waals surface area contributed by atoms with E-state index >= 15 is 0 Å². The van der Waals surface area contributed by atoms with Gasteiger partial charge in [-0.3, -0.25) is 4.79 Å². The second-order valence-corrected chi connectivity index (χ2v) is 4.43. The van der Waals surface area contributed by atoms with Gasteiger partial charge in [-0.05, 0) is 19.1 Å². The number of rotatable bonds is 4. The average Bonchev–Trinajstić information content (AvgIpc) is 2.38. The molecule has 0 aromatic heterocycles. The molecular weight excluding hydrogens is 242 g/mol. The van der Waals surface area contributed by atoms with Crippen molar-refractivity contribution in [3.05, 3.63) is 36.4 Å². The molecule has 98 valence electrons. The Kier molecular flexibility index (Phi) is 3.80. The van der Waals surface area contributed by atoms with Crippen molar-refractivity contribution in [3.8, 4) is 5.75 Å². The minimum Gasteiger partial charge on any atom is -0.507 e. The Balaban J connectivity index is 2.23. The van der Waals surface area contributed by atoms with Crippen LogP contribution in [0.15, 0.2) is 36.4 Å². The van der Waals surface area contributed by atoms with Crippen LogP contribution < -0.4 is 5.32 Å². The number of carbonyl (C=O) groups excluding carboxylic acids is 2. The molecule has 2 aromatic rings. The Labute approximate surface area is 111 Å². The van der Waals surface area contributed by atoms with Gasteiger partial charge in [0.15, 0.2) is 0 Å². The molecule has 4 nitrogen and oxygen atoms in total. The summed E-state index contributed by atoms with van der Waals surface area (Å²) in [5.74, 6) is -0.0332. The van der Waals surface area contributed by atoms with Gasteiger partial charge in [-0.15, -0.1) is 0 Å². The molecule has 4 heteroatoms. The van der Waals surface area contributed by atoms with Crippen LogP contribution in [0.25, 0.3) is 10.8 Å². The number of benzene rings is 2. The molecule has 0 unspecified atom stereocenters. The summed E-state index contributed by atoms with van der Waals surface area (Å²) >= 11 is 0. The van der Waals surface area contributed by atoms with Crippen LogP contribution in [-0.4, -0.2) is 16.8 Å². The highest BCUT2D eigenvalue weighted by atomic mass is 16.3. The van der Waals surface area contributed by atoms with Crippen LogP contribution in [0.1, 0.15) is 19.8 Å². The monoisotopic (exact) mass is 257 g/mol. The van der Waals surface area contributed by atoms with Crippen molar-refractivity contribution >= 4 is 28.2 Å². The Morgan fingerprint density at radius 1 is 1.05 bits per heavy atom. The van der Waals surface area contributed by atoms with Gasteiger partial charge in [0.2, 0.25) is 5.91 Å². The molecule has 0 spiro atoms. The molecule has 0 fully saturated rings. The Bertz CT molecular complexity index is 634. The van der Waals surface area contributed by atoms with Gasteiger partial charge < -0.3 is 15.2 Å². The number of amides is 1. The van der Waals surface area contributed by atoms with E-state index in [4.69, 9.17) is 0 Å². The highest BCUT2D eigenvalue weighted by Crippen LogP contribution is 2.29. The minimum absolute atomic E-state index is 0.00860. The number of anilines is 1. The number of phenolic OH excluding ortho intramolecular Hbond substituents is 1. The first-order chi connectivity index (χ1) is 9.08. The number of aromatic hydroxyl groups is 1. The number of hydrogen-bond donors (Lipinski definition) is 2. The SMILES string of the molecule is CC(=O)CCC(=O)Nc1cccc2c(O)cccc12. The van der Waals surface area contributed by atoms with Crippen molar-refractivity contribution < 1.29 is 14.7 Å². The molecule has 0 aliphatic carbocycles. The molecule has 1 amide bonds. The van der Waals surface area contributed by atoms with Gasteiger partial charge in [0.05, 0.1) is 0 Å². The zero-order valence-electron chi connectivity index (χ0n) is 10.6. The number of nitrogens with one attached hydrogen (secondary N) is 1. The Hall–Kier alpha value is -2.36. The van der Waals surface area contributed by atoms with Gasteiger partial charge in [-0.2, -0.15) is 0 Å². The van der Waals surface area contributed by atoms with Crippen LogP contribution in [0.3, 0.4) is 0 Å². The van der Waals surface area contributed by atoms with Crippen molar-refractivity contribution in [2.45, 2.75) is 19.8 Å². The first kappa shape index (κ1) is 13.1. The Morgan fingerprint density at radius 2 is 1.74 bits per heavy atom. The smallest absolute Gasteiger partial charge is 0.224 e. The maximum absolute atomic E-state index is 11.7. The van der Waals surface area contributed by atoms with Crippen molar-refractivity contribution in [2.75, 3.05) is 5.32 Å². The summed E-state index contributed by atoms with van der Waals surface area (Å²) in [5, 5.41) is 14.0. The quantitative estimate of drug-likeness (QED) is 0.885.